The molecule has 1 N–H and O–H groups in total. The number of carbonyl (C=O) groups excluding carboxylic acids is 2. The maximum Gasteiger partial charge on any atom is 0.137 e. The number of carbonyl (C=O) groups is 2. The highest BCUT2D eigenvalue weighted by Crippen LogP contribution is 1.91. The Morgan fingerprint density at radius 1 is 1.15 bits per heavy atom. The van der Waals surface area contributed by atoms with Crippen LogP contribution in [0.3, 0.4) is 0 Å². The van der Waals surface area contributed by atoms with Gasteiger partial charge in [-0.05, 0) is 6.92 Å². The second-order valence-corrected chi connectivity index (χ2v) is 2.83. The van der Waals surface area contributed by atoms with E-state index in [4.69, 9.17) is 9.84 Å². The van der Waals surface area contributed by atoms with Gasteiger partial charge in [-0.3, -0.25) is 9.59 Å². The second-order valence-electron chi connectivity index (χ2n) is 2.83. The number of ketones is 2. The van der Waals surface area contributed by atoms with Crippen LogP contribution in [-0.2, 0) is 14.3 Å². The molecule has 0 amide bonds. The molecule has 0 saturated heterocycles. The first-order valence-corrected chi connectivity index (χ1v) is 4.36. The fourth-order valence-corrected chi connectivity index (χ4v) is 0.754. The molecule has 0 heterocycles. The van der Waals surface area contributed by atoms with Crippen LogP contribution in [0.4, 0.5) is 0 Å². The van der Waals surface area contributed by atoms with Gasteiger partial charge in [-0.25, -0.2) is 0 Å². The minimum Gasteiger partial charge on any atom is -0.396 e. The van der Waals surface area contributed by atoms with Gasteiger partial charge in [-0.15, -0.1) is 0 Å². The molecule has 0 radical (unpaired) electrons. The van der Waals surface area contributed by atoms with Gasteiger partial charge in [0.05, 0.1) is 13.2 Å². The van der Waals surface area contributed by atoms with Crippen LogP contribution < -0.4 is 0 Å². The van der Waals surface area contributed by atoms with Crippen molar-refractivity contribution in [3.05, 3.63) is 0 Å². The molecule has 0 spiro atoms. The molecular formula is C9H16O4. The van der Waals surface area contributed by atoms with Gasteiger partial charge in [-0.2, -0.15) is 0 Å². The Bertz CT molecular complexity index is 165. The van der Waals surface area contributed by atoms with Crippen LogP contribution in [0.15, 0.2) is 0 Å². The van der Waals surface area contributed by atoms with Crippen LogP contribution in [-0.4, -0.2) is 36.5 Å². The molecule has 0 aromatic heterocycles. The van der Waals surface area contributed by atoms with E-state index in [-0.39, 0.29) is 24.6 Å². The maximum atomic E-state index is 10.8. The van der Waals surface area contributed by atoms with Gasteiger partial charge in [0, 0.05) is 25.9 Å². The van der Waals surface area contributed by atoms with Crippen molar-refractivity contribution in [3.8, 4) is 0 Å². The summed E-state index contributed by atoms with van der Waals surface area (Å²) in [5.41, 5.74) is 0. The summed E-state index contributed by atoms with van der Waals surface area (Å²) in [7, 11) is 0. The van der Waals surface area contributed by atoms with E-state index in [1.54, 1.807) is 0 Å². The molecule has 0 bridgehead atoms. The van der Waals surface area contributed by atoms with Gasteiger partial charge in [0.15, 0.2) is 0 Å². The molecule has 0 unspecified atom stereocenters. The monoisotopic (exact) mass is 188 g/mol. The quantitative estimate of drug-likeness (QED) is 0.557. The third kappa shape index (κ3) is 9.17. The van der Waals surface area contributed by atoms with E-state index in [0.29, 0.717) is 26.1 Å². The van der Waals surface area contributed by atoms with Gasteiger partial charge in [-0.1, -0.05) is 0 Å². The van der Waals surface area contributed by atoms with Gasteiger partial charge in [0.1, 0.15) is 11.6 Å². The third-order valence-corrected chi connectivity index (χ3v) is 1.51. The summed E-state index contributed by atoms with van der Waals surface area (Å²) in [4.78, 5) is 21.3. The lowest BCUT2D eigenvalue weighted by Crippen LogP contribution is -2.07. The van der Waals surface area contributed by atoms with E-state index in [1.807, 2.05) is 0 Å². The van der Waals surface area contributed by atoms with E-state index < -0.39 is 0 Å². The first-order valence-electron chi connectivity index (χ1n) is 4.36. The van der Waals surface area contributed by atoms with Crippen molar-refractivity contribution in [3.63, 3.8) is 0 Å². The van der Waals surface area contributed by atoms with E-state index >= 15 is 0 Å². The molecule has 0 aromatic carbocycles. The molecular weight excluding hydrogens is 172 g/mol. The summed E-state index contributed by atoms with van der Waals surface area (Å²) in [6.07, 6.45) is 0.905. The molecule has 0 aliphatic carbocycles. The number of hydrogen-bond acceptors (Lipinski definition) is 4. The summed E-state index contributed by atoms with van der Waals surface area (Å²) < 4.78 is 5.04. The van der Waals surface area contributed by atoms with Crippen molar-refractivity contribution >= 4 is 11.6 Å². The molecule has 0 atom stereocenters. The summed E-state index contributed by atoms with van der Waals surface area (Å²) in [6, 6.07) is 0. The van der Waals surface area contributed by atoms with Gasteiger partial charge in [0.2, 0.25) is 0 Å². The van der Waals surface area contributed by atoms with Crippen molar-refractivity contribution in [2.75, 3.05) is 19.8 Å². The van der Waals surface area contributed by atoms with Crippen molar-refractivity contribution in [1.82, 2.24) is 0 Å². The maximum absolute atomic E-state index is 10.8. The van der Waals surface area contributed by atoms with Crippen molar-refractivity contribution < 1.29 is 19.4 Å². The zero-order chi connectivity index (χ0) is 10.1. The third-order valence-electron chi connectivity index (χ3n) is 1.51. The average molecular weight is 188 g/mol. The van der Waals surface area contributed by atoms with E-state index in [1.165, 1.54) is 6.92 Å². The van der Waals surface area contributed by atoms with Crippen LogP contribution in [0.2, 0.25) is 0 Å². The molecule has 0 saturated carbocycles. The predicted octanol–water partition coefficient (Wildman–Crippen LogP) is 0.324. The van der Waals surface area contributed by atoms with E-state index in [2.05, 4.69) is 0 Å². The fraction of sp³-hybridized carbons (Fsp3) is 0.778. The molecule has 76 valence electrons. The zero-order valence-corrected chi connectivity index (χ0v) is 7.91. The van der Waals surface area contributed by atoms with E-state index in [0.717, 1.165) is 0 Å². The molecule has 0 rings (SSSR count). The highest BCUT2D eigenvalue weighted by molar-refractivity contribution is 5.78. The first kappa shape index (κ1) is 12.3. The topological polar surface area (TPSA) is 63.6 Å². The van der Waals surface area contributed by atoms with Crippen molar-refractivity contribution in [2.24, 2.45) is 0 Å². The molecule has 0 fully saturated rings. The second kappa shape index (κ2) is 7.89. The van der Waals surface area contributed by atoms with Crippen LogP contribution in [0.5, 0.6) is 0 Å². The van der Waals surface area contributed by atoms with Gasteiger partial charge < -0.3 is 9.84 Å². The van der Waals surface area contributed by atoms with Gasteiger partial charge >= 0.3 is 0 Å². The SMILES string of the molecule is CC(=O)CCOCCC(=O)CCO. The molecule has 0 aliphatic heterocycles. The number of Topliss-reactive ketones (excluding diaryl/α,β-unsaturated/α-hetero) is 2. The lowest BCUT2D eigenvalue weighted by Gasteiger charge is -2.01. The lowest BCUT2D eigenvalue weighted by atomic mass is 10.2. The smallest absolute Gasteiger partial charge is 0.137 e. The zero-order valence-electron chi connectivity index (χ0n) is 7.91. The fourth-order valence-electron chi connectivity index (χ4n) is 0.754. The van der Waals surface area contributed by atoms with Crippen LogP contribution >= 0.6 is 0 Å². The Hall–Kier alpha value is -0.740. The number of rotatable bonds is 8. The van der Waals surface area contributed by atoms with Crippen LogP contribution in [0.1, 0.15) is 26.2 Å². The van der Waals surface area contributed by atoms with Gasteiger partial charge in [0.25, 0.3) is 0 Å². The Balaban J connectivity index is 3.16. The summed E-state index contributed by atoms with van der Waals surface area (Å²) in [6.45, 7) is 2.11. The minimum absolute atomic E-state index is 0.00896. The molecule has 4 nitrogen and oxygen atoms in total. The number of aliphatic hydroxyl groups is 1. The first-order chi connectivity index (χ1) is 6.16. The summed E-state index contributed by atoms with van der Waals surface area (Å²) in [5.74, 6) is 0.0759. The van der Waals surface area contributed by atoms with Crippen molar-refractivity contribution in [2.45, 2.75) is 26.2 Å². The molecule has 13 heavy (non-hydrogen) atoms. The van der Waals surface area contributed by atoms with Crippen LogP contribution in [0.25, 0.3) is 0 Å². The van der Waals surface area contributed by atoms with Crippen molar-refractivity contribution in [1.29, 1.82) is 0 Å². The Kier molecular flexibility index (Phi) is 7.44. The minimum atomic E-state index is -0.105. The number of hydrogen-bond donors (Lipinski definition) is 1. The molecule has 0 aliphatic rings. The number of ether oxygens (including phenoxy) is 1. The number of aliphatic hydroxyl groups excluding tert-OH is 1. The highest BCUT2D eigenvalue weighted by atomic mass is 16.5. The Morgan fingerprint density at radius 3 is 2.31 bits per heavy atom. The molecule has 4 heteroatoms. The predicted molar refractivity (Wildman–Crippen MR) is 47.4 cm³/mol. The normalized spacial score (nSPS) is 10.0. The van der Waals surface area contributed by atoms with Crippen LogP contribution in [0, 0.1) is 0 Å². The molecule has 0 aromatic rings. The van der Waals surface area contributed by atoms with E-state index in [9.17, 15) is 9.59 Å². The Morgan fingerprint density at radius 2 is 1.77 bits per heavy atom. The largest absolute Gasteiger partial charge is 0.396 e. The average Bonchev–Trinajstić information content (AvgIpc) is 2.03. The standard InChI is InChI=1S/C9H16O4/c1-8(11)3-6-13-7-4-9(12)2-5-10/h10H,2-7H2,1H3. The Labute approximate surface area is 77.9 Å². The highest BCUT2D eigenvalue weighted by Gasteiger charge is 2.00. The summed E-state index contributed by atoms with van der Waals surface area (Å²) >= 11 is 0. The summed E-state index contributed by atoms with van der Waals surface area (Å²) in [5, 5.41) is 8.41. The lowest BCUT2D eigenvalue weighted by molar-refractivity contribution is -0.120.